The van der Waals surface area contributed by atoms with E-state index < -0.39 is 23.9 Å². The zero-order valence-corrected chi connectivity index (χ0v) is 10.3. The first kappa shape index (κ1) is 25.1. The van der Waals surface area contributed by atoms with Crippen LogP contribution in [-0.2, 0) is 19.2 Å². The first-order valence-electron chi connectivity index (χ1n) is 4.30. The topological polar surface area (TPSA) is 149 Å². The quantitative estimate of drug-likeness (QED) is 0.554. The van der Waals surface area contributed by atoms with E-state index in [1.807, 2.05) is 0 Å². The molecule has 0 radical (unpaired) electrons. The minimum atomic E-state index is -0.981. The molecule has 0 rings (SSSR count). The smallest absolute Gasteiger partial charge is 0.327 e. The second-order valence-corrected chi connectivity index (χ2v) is 2.15. The third-order valence-corrected chi connectivity index (χ3v) is 0.524. The molecule has 0 heterocycles. The Morgan fingerprint density at radius 3 is 0.737 bits per heavy atom. The molecule has 0 aliphatic heterocycles. The molecule has 0 saturated heterocycles. The molecule has 0 aromatic carbocycles. The Balaban J connectivity index is -0.0000000793. The van der Waals surface area contributed by atoms with Gasteiger partial charge in [0, 0.05) is 25.2 Å². The fraction of sp³-hybridized carbons (Fsp3) is 0.0909. The van der Waals surface area contributed by atoms with E-state index in [1.165, 1.54) is 0 Å². The molecule has 4 N–H and O–H groups in total. The van der Waals surface area contributed by atoms with Gasteiger partial charge in [0.2, 0.25) is 0 Å². The number of carbonyl (C=O) groups is 4. The molecule has 0 bridgehead atoms. The zero-order chi connectivity index (χ0) is 16.4. The molecule has 0 amide bonds. The summed E-state index contributed by atoms with van der Waals surface area (Å²) in [7, 11) is 0. The van der Waals surface area contributed by atoms with E-state index in [0.717, 1.165) is 25.2 Å². The van der Waals surface area contributed by atoms with Gasteiger partial charge in [0.25, 0.3) is 5.97 Å². The normalized spacial score (nSPS) is 6.37. The van der Waals surface area contributed by atoms with Crippen molar-refractivity contribution in [1.82, 2.24) is 0 Å². The van der Waals surface area contributed by atoms with Crippen LogP contribution in [0.4, 0.5) is 0 Å². The van der Waals surface area contributed by atoms with Gasteiger partial charge in [0.1, 0.15) is 0 Å². The first-order chi connectivity index (χ1) is 8.54. The maximum absolute atomic E-state index is 9.25. The molecule has 19 heavy (non-hydrogen) atoms. The molecule has 0 unspecified atom stereocenters. The molecule has 8 heteroatoms. The second kappa shape index (κ2) is 20.5. The Kier molecular flexibility index (Phi) is 27.1. The van der Waals surface area contributed by atoms with E-state index in [9.17, 15) is 14.4 Å². The average molecular weight is 276 g/mol. The van der Waals surface area contributed by atoms with Gasteiger partial charge in [-0.2, -0.15) is 0 Å². The molecule has 8 nitrogen and oxygen atoms in total. The van der Waals surface area contributed by atoms with Gasteiger partial charge >= 0.3 is 17.9 Å². The Labute approximate surface area is 109 Å². The molecule has 0 saturated carbocycles. The number of aliphatic carboxylic acids is 4. The number of rotatable bonds is 3. The third-order valence-electron chi connectivity index (χ3n) is 0.524. The molecule has 108 valence electrons. The van der Waals surface area contributed by atoms with Crippen molar-refractivity contribution < 1.29 is 39.6 Å². The van der Waals surface area contributed by atoms with Crippen molar-refractivity contribution in [2.24, 2.45) is 0 Å². The summed E-state index contributed by atoms with van der Waals surface area (Å²) in [5.41, 5.74) is 0. The minimum absolute atomic E-state index is 0.833. The van der Waals surface area contributed by atoms with Crippen LogP contribution in [0.1, 0.15) is 6.92 Å². The summed E-state index contributed by atoms with van der Waals surface area (Å²) in [6.07, 6.45) is 2.50. The second-order valence-electron chi connectivity index (χ2n) is 2.15. The molecular formula is C11H16O8. The molecule has 0 fully saturated rings. The lowest BCUT2D eigenvalue weighted by atomic mass is 10.7. The van der Waals surface area contributed by atoms with Gasteiger partial charge in [0.05, 0.1) is 0 Å². The standard InChI is InChI=1S/3C3H4O2.C2H4O2/c3*1-2-3(4)5;1-2(3)4/h3*2H,1H2,(H,4,5);1H3,(H,3,4). The summed E-state index contributed by atoms with van der Waals surface area (Å²) in [4.78, 5) is 36.8. The number of hydrogen-bond donors (Lipinski definition) is 4. The molecule has 0 atom stereocenters. The third kappa shape index (κ3) is 270. The predicted octanol–water partition coefficient (Wildman–Crippen LogP) is 0.862. The van der Waals surface area contributed by atoms with Crippen LogP contribution in [0.3, 0.4) is 0 Å². The summed E-state index contributed by atoms with van der Waals surface area (Å²) in [6.45, 7) is 9.97. The minimum Gasteiger partial charge on any atom is -0.481 e. The van der Waals surface area contributed by atoms with Crippen molar-refractivity contribution in [2.45, 2.75) is 6.92 Å². The van der Waals surface area contributed by atoms with Crippen LogP contribution in [0, 0.1) is 0 Å². The monoisotopic (exact) mass is 276 g/mol. The SMILES string of the molecule is C=CC(=O)O.C=CC(=O)O.C=CC(=O)O.CC(=O)O. The first-order valence-corrected chi connectivity index (χ1v) is 4.30. The fourth-order valence-corrected chi connectivity index (χ4v) is 0. The van der Waals surface area contributed by atoms with Gasteiger partial charge in [-0.1, -0.05) is 19.7 Å². The van der Waals surface area contributed by atoms with Gasteiger partial charge < -0.3 is 20.4 Å². The summed E-state index contributed by atoms with van der Waals surface area (Å²) in [6, 6.07) is 0. The zero-order valence-electron chi connectivity index (χ0n) is 10.3. The van der Waals surface area contributed by atoms with E-state index in [4.69, 9.17) is 25.2 Å². The highest BCUT2D eigenvalue weighted by Gasteiger charge is 1.74. The highest BCUT2D eigenvalue weighted by atomic mass is 16.4. The molecule has 0 aliphatic carbocycles. The maximum Gasteiger partial charge on any atom is 0.327 e. The number of carboxylic acid groups (broad SMARTS) is 4. The van der Waals surface area contributed by atoms with Crippen molar-refractivity contribution in [1.29, 1.82) is 0 Å². The van der Waals surface area contributed by atoms with Crippen LogP contribution in [0.15, 0.2) is 38.0 Å². The van der Waals surface area contributed by atoms with Crippen molar-refractivity contribution in [3.63, 3.8) is 0 Å². The summed E-state index contributed by atoms with van der Waals surface area (Å²) in [5, 5.41) is 30.2. The predicted molar refractivity (Wildman–Crippen MR) is 66.8 cm³/mol. The van der Waals surface area contributed by atoms with Crippen LogP contribution in [-0.4, -0.2) is 44.3 Å². The molecular weight excluding hydrogens is 260 g/mol. The van der Waals surface area contributed by atoms with Crippen LogP contribution in [0.5, 0.6) is 0 Å². The van der Waals surface area contributed by atoms with Crippen LogP contribution in [0.2, 0.25) is 0 Å². The lowest BCUT2D eigenvalue weighted by molar-refractivity contribution is -0.135. The van der Waals surface area contributed by atoms with Crippen molar-refractivity contribution in [3.05, 3.63) is 38.0 Å². The van der Waals surface area contributed by atoms with E-state index >= 15 is 0 Å². The Bertz CT molecular complexity index is 283. The van der Waals surface area contributed by atoms with Crippen molar-refractivity contribution in [2.75, 3.05) is 0 Å². The Morgan fingerprint density at radius 1 is 0.684 bits per heavy atom. The van der Waals surface area contributed by atoms with Crippen LogP contribution in [0.25, 0.3) is 0 Å². The van der Waals surface area contributed by atoms with Gasteiger partial charge in [-0.05, 0) is 0 Å². The van der Waals surface area contributed by atoms with E-state index in [-0.39, 0.29) is 0 Å². The van der Waals surface area contributed by atoms with Crippen molar-refractivity contribution >= 4 is 23.9 Å². The molecule has 0 aliphatic rings. The summed E-state index contributed by atoms with van der Waals surface area (Å²) in [5.74, 6) is -3.78. The molecule has 0 spiro atoms. The van der Waals surface area contributed by atoms with Crippen LogP contribution < -0.4 is 0 Å². The Hall–Kier alpha value is -2.90. The summed E-state index contributed by atoms with van der Waals surface area (Å²) < 4.78 is 0. The van der Waals surface area contributed by atoms with Gasteiger partial charge in [-0.3, -0.25) is 4.79 Å². The van der Waals surface area contributed by atoms with Crippen molar-refractivity contribution in [3.8, 4) is 0 Å². The van der Waals surface area contributed by atoms with Gasteiger partial charge in [0.15, 0.2) is 0 Å². The highest BCUT2D eigenvalue weighted by Crippen LogP contribution is 1.55. The molecule has 0 aromatic heterocycles. The lowest BCUT2D eigenvalue weighted by Crippen LogP contribution is -1.82. The maximum atomic E-state index is 9.25. The highest BCUT2D eigenvalue weighted by molar-refractivity contribution is 5.79. The van der Waals surface area contributed by atoms with Crippen LogP contribution >= 0.6 is 0 Å². The fourth-order valence-electron chi connectivity index (χ4n) is 0. The van der Waals surface area contributed by atoms with E-state index in [2.05, 4.69) is 19.7 Å². The largest absolute Gasteiger partial charge is 0.481 e. The van der Waals surface area contributed by atoms with Gasteiger partial charge in [-0.15, -0.1) is 0 Å². The number of carboxylic acids is 4. The van der Waals surface area contributed by atoms with E-state index in [0.29, 0.717) is 0 Å². The molecule has 0 aromatic rings. The lowest BCUT2D eigenvalue weighted by Gasteiger charge is -1.64. The number of hydrogen-bond acceptors (Lipinski definition) is 4. The average Bonchev–Trinajstić information content (AvgIpc) is 2.29. The van der Waals surface area contributed by atoms with E-state index in [1.54, 1.807) is 0 Å². The Morgan fingerprint density at radius 2 is 0.737 bits per heavy atom. The summed E-state index contributed by atoms with van der Waals surface area (Å²) >= 11 is 0. The van der Waals surface area contributed by atoms with Gasteiger partial charge in [-0.25, -0.2) is 14.4 Å².